The van der Waals surface area contributed by atoms with E-state index in [1.165, 1.54) is 13.2 Å². The topological polar surface area (TPSA) is 29.5 Å². The van der Waals surface area contributed by atoms with E-state index < -0.39 is 18.8 Å². The molecule has 6 rings (SSSR count). The SMILES string of the molecule is CC1(C)COC(=O)N1/C(C#Cc1ccccc1)=[C](\c1ccccc1)[Ge]([c]1ccccc1)([c]1ccccc1)[c]1ccccc1. The Morgan fingerprint density at radius 1 is 0.651 bits per heavy atom. The van der Waals surface area contributed by atoms with Gasteiger partial charge in [0.05, 0.1) is 0 Å². The Bertz CT molecular complexity index is 1690. The molecule has 0 spiro atoms. The molecule has 0 radical (unpaired) electrons. The van der Waals surface area contributed by atoms with Crippen LogP contribution < -0.4 is 13.2 Å². The number of allylic oxidation sites excluding steroid dienone is 1. The van der Waals surface area contributed by atoms with Crippen LogP contribution in [0.5, 0.6) is 0 Å². The van der Waals surface area contributed by atoms with Crippen LogP contribution >= 0.6 is 0 Å². The molecule has 1 aliphatic heterocycles. The minimum atomic E-state index is -3.93. The van der Waals surface area contributed by atoms with Crippen molar-refractivity contribution in [1.82, 2.24) is 4.90 Å². The van der Waals surface area contributed by atoms with E-state index in [0.29, 0.717) is 5.70 Å². The Kier molecular flexibility index (Phi) is 8.05. The van der Waals surface area contributed by atoms with E-state index in [1.54, 1.807) is 4.90 Å². The molecule has 1 saturated heterocycles. The molecule has 0 aliphatic carbocycles. The van der Waals surface area contributed by atoms with E-state index in [4.69, 9.17) is 4.74 Å². The second kappa shape index (κ2) is 12.2. The minimum absolute atomic E-state index is 0.284. The van der Waals surface area contributed by atoms with Gasteiger partial charge < -0.3 is 0 Å². The summed E-state index contributed by atoms with van der Waals surface area (Å²) >= 11 is -3.93. The standard InChI is InChI=1S/C39H33GeNO2/c1-39(2)30-43-38(42)41(39)36(29-28-31-18-8-3-9-19-31)37(32-20-10-4-11-21-32)40(33-22-12-5-13-23-33,34-24-14-6-15-25-34)35-26-16-7-17-27-35/h3-27H,30H2,1-2H3/b37-36+. The van der Waals surface area contributed by atoms with Crippen LogP contribution in [0, 0.1) is 11.8 Å². The Hall–Kier alpha value is -4.79. The van der Waals surface area contributed by atoms with Gasteiger partial charge in [-0.25, -0.2) is 0 Å². The Morgan fingerprint density at radius 3 is 1.49 bits per heavy atom. The Labute approximate surface area is 256 Å². The second-order valence-electron chi connectivity index (χ2n) is 11.3. The molecule has 0 aromatic heterocycles. The van der Waals surface area contributed by atoms with Gasteiger partial charge in [0.1, 0.15) is 0 Å². The summed E-state index contributed by atoms with van der Waals surface area (Å²) in [6.07, 6.45) is -0.374. The number of hydrogen-bond donors (Lipinski definition) is 0. The van der Waals surface area contributed by atoms with Crippen molar-refractivity contribution in [3.05, 3.63) is 168 Å². The monoisotopic (exact) mass is 621 g/mol. The fraction of sp³-hybridized carbons (Fsp3) is 0.103. The molecule has 1 amide bonds. The normalized spacial score (nSPS) is 14.7. The van der Waals surface area contributed by atoms with Gasteiger partial charge in [-0.3, -0.25) is 0 Å². The van der Waals surface area contributed by atoms with Crippen molar-refractivity contribution in [2.45, 2.75) is 19.4 Å². The molecular weight excluding hydrogens is 587 g/mol. The Balaban J connectivity index is 1.85. The number of carbonyl (C=O) groups excluding carboxylic acids is 1. The number of cyclic esters (lactones) is 1. The van der Waals surface area contributed by atoms with Crippen molar-refractivity contribution in [1.29, 1.82) is 0 Å². The summed E-state index contributed by atoms with van der Waals surface area (Å²) < 4.78 is 10.6. The quantitative estimate of drug-likeness (QED) is 0.163. The van der Waals surface area contributed by atoms with Crippen LogP contribution in [-0.2, 0) is 4.74 Å². The third-order valence-corrected chi connectivity index (χ3v) is 18.2. The molecule has 4 heteroatoms. The van der Waals surface area contributed by atoms with Gasteiger partial charge >= 0.3 is 258 Å². The molecule has 0 bridgehead atoms. The first-order valence-corrected chi connectivity index (χ1v) is 18.7. The van der Waals surface area contributed by atoms with E-state index >= 15 is 0 Å². The molecule has 3 nitrogen and oxygen atoms in total. The molecule has 1 heterocycles. The molecule has 0 N–H and O–H groups in total. The van der Waals surface area contributed by atoms with Gasteiger partial charge in [-0.05, 0) is 0 Å². The van der Waals surface area contributed by atoms with E-state index in [1.807, 2.05) is 50.2 Å². The van der Waals surface area contributed by atoms with Gasteiger partial charge in [0.25, 0.3) is 0 Å². The fourth-order valence-corrected chi connectivity index (χ4v) is 16.7. The van der Waals surface area contributed by atoms with Gasteiger partial charge in [0.2, 0.25) is 0 Å². The van der Waals surface area contributed by atoms with Crippen molar-refractivity contribution in [2.24, 2.45) is 0 Å². The number of nitrogens with zero attached hydrogens (tertiary/aromatic N) is 1. The number of carbonyl (C=O) groups is 1. The predicted octanol–water partition coefficient (Wildman–Crippen LogP) is 6.39. The van der Waals surface area contributed by atoms with Gasteiger partial charge in [-0.2, -0.15) is 0 Å². The second-order valence-corrected chi connectivity index (χ2v) is 19.1. The fourth-order valence-electron chi connectivity index (χ4n) is 6.02. The summed E-state index contributed by atoms with van der Waals surface area (Å²) in [6.45, 7) is 4.38. The first-order chi connectivity index (χ1) is 21.0. The van der Waals surface area contributed by atoms with Crippen LogP contribution in [0.4, 0.5) is 4.79 Å². The zero-order chi connectivity index (χ0) is 29.7. The van der Waals surface area contributed by atoms with E-state index in [9.17, 15) is 4.79 Å². The van der Waals surface area contributed by atoms with E-state index in [-0.39, 0.29) is 12.7 Å². The molecular formula is C39H33GeNO2. The van der Waals surface area contributed by atoms with Crippen LogP contribution in [0.2, 0.25) is 0 Å². The van der Waals surface area contributed by atoms with E-state index in [2.05, 4.69) is 127 Å². The average molecular weight is 620 g/mol. The summed E-state index contributed by atoms with van der Waals surface area (Å²) in [5.41, 5.74) is 2.02. The molecule has 5 aromatic rings. The van der Waals surface area contributed by atoms with Crippen LogP contribution in [-0.4, -0.2) is 36.4 Å². The maximum atomic E-state index is 13.7. The Morgan fingerprint density at radius 2 is 1.07 bits per heavy atom. The molecule has 43 heavy (non-hydrogen) atoms. The summed E-state index contributed by atoms with van der Waals surface area (Å²) in [5.74, 6) is 7.01. The van der Waals surface area contributed by atoms with Crippen molar-refractivity contribution >= 4 is 37.0 Å². The van der Waals surface area contributed by atoms with Crippen LogP contribution in [0.3, 0.4) is 0 Å². The van der Waals surface area contributed by atoms with Crippen molar-refractivity contribution in [2.75, 3.05) is 6.61 Å². The van der Waals surface area contributed by atoms with E-state index in [0.717, 1.165) is 15.5 Å². The maximum absolute atomic E-state index is 13.7. The molecule has 5 aromatic carbocycles. The molecule has 210 valence electrons. The zero-order valence-corrected chi connectivity index (χ0v) is 26.5. The number of benzene rings is 5. The molecule has 0 saturated carbocycles. The third-order valence-electron chi connectivity index (χ3n) is 7.95. The summed E-state index contributed by atoms with van der Waals surface area (Å²) in [7, 11) is 0. The van der Waals surface area contributed by atoms with Gasteiger partial charge in [0, 0.05) is 0 Å². The number of amides is 1. The molecule has 0 atom stereocenters. The number of rotatable bonds is 6. The molecule has 1 aliphatic rings. The number of hydrogen-bond acceptors (Lipinski definition) is 2. The molecule has 1 fully saturated rings. The van der Waals surface area contributed by atoms with Gasteiger partial charge in [-0.1, -0.05) is 0 Å². The van der Waals surface area contributed by atoms with Crippen LogP contribution in [0.25, 0.3) is 4.41 Å². The van der Waals surface area contributed by atoms with Gasteiger partial charge in [-0.15, -0.1) is 0 Å². The average Bonchev–Trinajstić information content (AvgIpc) is 3.34. The van der Waals surface area contributed by atoms with Crippen molar-refractivity contribution in [3.63, 3.8) is 0 Å². The van der Waals surface area contributed by atoms with Gasteiger partial charge in [0.15, 0.2) is 0 Å². The van der Waals surface area contributed by atoms with Crippen LogP contribution in [0.15, 0.2) is 157 Å². The molecule has 0 unspecified atom stereocenters. The van der Waals surface area contributed by atoms with Crippen LogP contribution in [0.1, 0.15) is 25.0 Å². The summed E-state index contributed by atoms with van der Waals surface area (Å²) in [6, 6.07) is 52.8. The summed E-state index contributed by atoms with van der Waals surface area (Å²) in [5, 5.41) is 0. The first kappa shape index (κ1) is 28.3. The predicted molar refractivity (Wildman–Crippen MR) is 178 cm³/mol. The zero-order valence-electron chi connectivity index (χ0n) is 24.4. The third kappa shape index (κ3) is 5.43. The first-order valence-electron chi connectivity index (χ1n) is 14.5. The number of ether oxygens (including phenoxy) is 1. The van der Waals surface area contributed by atoms with Crippen molar-refractivity contribution in [3.8, 4) is 11.8 Å². The van der Waals surface area contributed by atoms with Crippen molar-refractivity contribution < 1.29 is 9.53 Å². The summed E-state index contributed by atoms with van der Waals surface area (Å²) in [4.78, 5) is 15.5.